The monoisotopic (exact) mass is 942 g/mol. The van der Waals surface area contributed by atoms with E-state index in [0.717, 1.165) is 18.4 Å². The summed E-state index contributed by atoms with van der Waals surface area (Å²) in [6, 6.07) is 0. The second kappa shape index (κ2) is 22.0. The Morgan fingerprint density at radius 1 is 0.821 bits per heavy atom. The molecule has 2 unspecified atom stereocenters. The van der Waals surface area contributed by atoms with E-state index in [-0.39, 0.29) is 55.1 Å². The third kappa shape index (κ3) is 10.9. The van der Waals surface area contributed by atoms with Gasteiger partial charge >= 0.3 is 5.97 Å². The first kappa shape index (κ1) is 51.0. The maximum atomic E-state index is 14.5. The van der Waals surface area contributed by atoms with Gasteiger partial charge in [-0.25, -0.2) is 0 Å². The predicted octanol–water partition coefficient (Wildman–Crippen LogP) is 6.70. The van der Waals surface area contributed by atoms with E-state index in [0.29, 0.717) is 49.2 Å². The van der Waals surface area contributed by atoms with Gasteiger partial charge in [-0.05, 0) is 75.7 Å². The zero-order chi connectivity index (χ0) is 47.6. The minimum atomic E-state index is -1.83. The first-order valence-electron chi connectivity index (χ1n) is 24.8. The molecule has 0 amide bonds. The molecule has 2 N–H and O–H groups in total. The van der Waals surface area contributed by atoms with Gasteiger partial charge in [0, 0.05) is 58.8 Å². The van der Waals surface area contributed by atoms with Gasteiger partial charge in [-0.15, -0.1) is 0 Å². The first-order valence-corrected chi connectivity index (χ1v) is 24.8. The number of aliphatic hydroxyl groups excluding tert-OH is 1. The Morgan fingerprint density at radius 3 is 2.24 bits per heavy atom. The predicted molar refractivity (Wildman–Crippen MR) is 245 cm³/mol. The van der Waals surface area contributed by atoms with Gasteiger partial charge in [0.25, 0.3) is 0 Å². The highest BCUT2D eigenvalue weighted by atomic mass is 16.7. The molecule has 15 nitrogen and oxygen atoms in total. The van der Waals surface area contributed by atoms with Crippen LogP contribution in [0.3, 0.4) is 0 Å². The molecule has 19 atom stereocenters. The fourth-order valence-corrected chi connectivity index (χ4v) is 12.0. The maximum absolute atomic E-state index is 14.5. The number of carbonyl (C=O) groups excluding carboxylic acids is 1. The molecule has 1 radical (unpaired) electrons. The zero-order valence-corrected chi connectivity index (χ0v) is 41.0. The van der Waals surface area contributed by atoms with E-state index in [1.807, 2.05) is 32.1 Å². The fraction of sp³-hybridized carbons (Fsp3) is 0.769. The third-order valence-electron chi connectivity index (χ3n) is 15.7. The summed E-state index contributed by atoms with van der Waals surface area (Å²) in [7, 11) is 4.84. The molecule has 8 rings (SSSR count). The van der Waals surface area contributed by atoms with E-state index < -0.39 is 72.5 Å². The first-order chi connectivity index (χ1) is 32.2. The standard InChI is InChI=1S/C52H77O15/c1-29-14-13-17-36-27-59-49-44(53)32(4)22-39(52(36,49)55)50(54)63-38-23-37(66-51(26-38)21-20-31(3)46(67-51)35-15-11-10-12-16-35)19-18-30(2)45(29)64-42-25-41(58-9)48(34(6)62-42)65-43-24-40(57-8)47(33(5)61-43)60-28-56-7/h13-14,17-18,20-22,28-29,31,33-35,37-49,53,55H,10-12,15-16,19,23-27H2,1-9H3/b14-13+,30-18+,36-17+/t29?,31-,33-,34-,37+,38-,39-,40-,41-,42?,43-,44+,45-,46-,47+,48-,49+,51+,52+/m0/s1. The smallest absolute Gasteiger partial charge is 0.316 e. The molecular weight excluding hydrogens is 865 g/mol. The Hall–Kier alpha value is -2.35. The Kier molecular flexibility index (Phi) is 16.7. The average molecular weight is 942 g/mol. The van der Waals surface area contributed by atoms with Gasteiger partial charge in [-0.1, -0.05) is 69.6 Å². The molecule has 6 aliphatic heterocycles. The molecule has 2 aliphatic carbocycles. The summed E-state index contributed by atoms with van der Waals surface area (Å²) < 4.78 is 75.7. The lowest BCUT2D eigenvalue weighted by molar-refractivity contribution is -0.321. The summed E-state index contributed by atoms with van der Waals surface area (Å²) >= 11 is 0. The molecule has 4 saturated heterocycles. The number of ether oxygens (including phenoxy) is 12. The number of allylic oxidation sites excluding steroid dienone is 2. The summed E-state index contributed by atoms with van der Waals surface area (Å²) in [4.78, 5) is 14.5. The lowest BCUT2D eigenvalue weighted by Gasteiger charge is -2.49. The second-order valence-electron chi connectivity index (χ2n) is 20.4. The van der Waals surface area contributed by atoms with Crippen LogP contribution in [-0.4, -0.2) is 141 Å². The number of rotatable bonds is 10. The van der Waals surface area contributed by atoms with E-state index in [1.54, 1.807) is 33.3 Å². The van der Waals surface area contributed by atoms with E-state index in [9.17, 15) is 15.0 Å². The van der Waals surface area contributed by atoms with E-state index in [2.05, 4.69) is 32.9 Å². The quantitative estimate of drug-likeness (QED) is 0.175. The number of aliphatic hydroxyl groups is 2. The van der Waals surface area contributed by atoms with Crippen LogP contribution in [0.5, 0.6) is 0 Å². The lowest BCUT2D eigenvalue weighted by Crippen LogP contribution is -2.58. The number of hydrogen-bond acceptors (Lipinski definition) is 15. The maximum Gasteiger partial charge on any atom is 0.316 e. The molecule has 6 heterocycles. The Morgan fingerprint density at radius 2 is 1.52 bits per heavy atom. The highest BCUT2D eigenvalue weighted by Gasteiger charge is 2.60. The van der Waals surface area contributed by atoms with Crippen molar-refractivity contribution >= 4 is 5.97 Å². The van der Waals surface area contributed by atoms with Crippen LogP contribution in [-0.2, 0) is 61.6 Å². The van der Waals surface area contributed by atoms with Crippen molar-refractivity contribution < 1.29 is 71.8 Å². The molecule has 0 aromatic heterocycles. The Labute approximate surface area is 397 Å². The van der Waals surface area contributed by atoms with Crippen LogP contribution in [0, 0.1) is 30.5 Å². The van der Waals surface area contributed by atoms with Crippen molar-refractivity contribution in [1.82, 2.24) is 0 Å². The van der Waals surface area contributed by atoms with Crippen LogP contribution in [0.15, 0.2) is 59.3 Å². The van der Waals surface area contributed by atoms with Crippen LogP contribution >= 0.6 is 0 Å². The topological polar surface area (TPSA) is 168 Å². The van der Waals surface area contributed by atoms with E-state index >= 15 is 0 Å². The molecule has 375 valence electrons. The lowest BCUT2D eigenvalue weighted by atomic mass is 9.71. The molecule has 1 spiro atoms. The van der Waals surface area contributed by atoms with Gasteiger partial charge < -0.3 is 67.1 Å². The molecule has 2 bridgehead atoms. The highest BCUT2D eigenvalue weighted by molar-refractivity contribution is 5.78. The number of hydrogen-bond donors (Lipinski definition) is 2. The number of carbonyl (C=O) groups is 1. The van der Waals surface area contributed by atoms with Crippen molar-refractivity contribution in [3.8, 4) is 0 Å². The fourth-order valence-electron chi connectivity index (χ4n) is 12.0. The minimum absolute atomic E-state index is 0.0252. The van der Waals surface area contributed by atoms with Crippen molar-refractivity contribution in [2.24, 2.45) is 23.7 Å². The van der Waals surface area contributed by atoms with E-state index in [1.165, 1.54) is 33.2 Å². The molecular formula is C52H77O15. The number of fused-ring (bicyclic) bond motifs is 2. The van der Waals surface area contributed by atoms with Gasteiger partial charge in [0.2, 0.25) is 6.79 Å². The molecule has 15 heteroatoms. The third-order valence-corrected chi connectivity index (χ3v) is 15.7. The van der Waals surface area contributed by atoms with Crippen LogP contribution in [0.25, 0.3) is 0 Å². The zero-order valence-electron chi connectivity index (χ0n) is 41.0. The minimum Gasteiger partial charge on any atom is -0.462 e. The van der Waals surface area contributed by atoms with Crippen molar-refractivity contribution in [3.63, 3.8) is 0 Å². The molecule has 1 saturated carbocycles. The highest BCUT2D eigenvalue weighted by Crippen LogP contribution is 2.48. The normalized spacial score (nSPS) is 47.5. The van der Waals surface area contributed by atoms with Crippen molar-refractivity contribution in [1.29, 1.82) is 0 Å². The van der Waals surface area contributed by atoms with Gasteiger partial charge in [0.1, 0.15) is 42.0 Å². The van der Waals surface area contributed by atoms with Crippen LogP contribution < -0.4 is 0 Å². The van der Waals surface area contributed by atoms with Crippen molar-refractivity contribution in [3.05, 3.63) is 66.0 Å². The molecule has 67 heavy (non-hydrogen) atoms. The molecule has 0 aromatic carbocycles. The molecule has 0 aromatic rings. The van der Waals surface area contributed by atoms with Crippen molar-refractivity contribution in [2.45, 2.75) is 203 Å². The average Bonchev–Trinajstić information content (AvgIpc) is 3.65. The summed E-state index contributed by atoms with van der Waals surface area (Å²) in [5.74, 6) is -2.33. The van der Waals surface area contributed by atoms with Gasteiger partial charge in [-0.3, -0.25) is 4.79 Å². The summed E-state index contributed by atoms with van der Waals surface area (Å²) in [6.45, 7) is 13.3. The number of esters is 1. The number of methoxy groups -OCH3 is 3. The summed E-state index contributed by atoms with van der Waals surface area (Å²) in [5.41, 5.74) is 0.171. The van der Waals surface area contributed by atoms with E-state index in [4.69, 9.17) is 56.8 Å². The van der Waals surface area contributed by atoms with Crippen LogP contribution in [0.4, 0.5) is 0 Å². The summed E-state index contributed by atoms with van der Waals surface area (Å²) in [6.07, 6.45) is 14.6. The Balaban J connectivity index is 1.06. The SMILES string of the molecule is CO[CH]O[C@@H]1[C@H](C)O[C@@H](O[C@H]2[C@H](C)OC(O[C@@H]3/C(C)=C/C[C@@H]4C[C@@H](C[C@]5(C=C[C@H](C)[C@@H](C6CCCCC6)O5)O4)OC(=O)[C@@H]4C=C(C)[C@@H](O)[C@H]5OC/C(=C\C=C\C3C)[C@]54O)C[C@@H]2OC)C[C@@H]1OC. The van der Waals surface area contributed by atoms with Gasteiger partial charge in [0.05, 0.1) is 49.3 Å². The molecule has 8 aliphatic rings. The van der Waals surface area contributed by atoms with Crippen LogP contribution in [0.2, 0.25) is 0 Å². The summed E-state index contributed by atoms with van der Waals surface area (Å²) in [5, 5.41) is 23.9. The largest absolute Gasteiger partial charge is 0.462 e. The van der Waals surface area contributed by atoms with Crippen LogP contribution in [0.1, 0.15) is 106 Å². The van der Waals surface area contributed by atoms with Crippen molar-refractivity contribution in [2.75, 3.05) is 27.9 Å². The second-order valence-corrected chi connectivity index (χ2v) is 20.4. The Bertz CT molecular complexity index is 1840. The van der Waals surface area contributed by atoms with Gasteiger partial charge in [-0.2, -0.15) is 0 Å². The molecule has 5 fully saturated rings. The van der Waals surface area contributed by atoms with Gasteiger partial charge in [0.15, 0.2) is 18.4 Å².